The van der Waals surface area contributed by atoms with Crippen LogP contribution < -0.4 is 10.0 Å². The van der Waals surface area contributed by atoms with E-state index in [2.05, 4.69) is 20.0 Å². The van der Waals surface area contributed by atoms with Crippen LogP contribution in [0.4, 0.5) is 29.1 Å². The Bertz CT molecular complexity index is 1440. The van der Waals surface area contributed by atoms with Crippen LogP contribution in [0.5, 0.6) is 0 Å². The van der Waals surface area contributed by atoms with E-state index in [1.165, 1.54) is 18.3 Å². The highest BCUT2D eigenvalue weighted by Gasteiger charge is 2.37. The Hall–Kier alpha value is -2.67. The molecule has 0 radical (unpaired) electrons. The fourth-order valence-corrected chi connectivity index (χ4v) is 6.39. The normalized spacial score (nSPS) is 20.2. The predicted molar refractivity (Wildman–Crippen MR) is 142 cm³/mol. The van der Waals surface area contributed by atoms with Crippen LogP contribution in [0.2, 0.25) is 10.0 Å². The summed E-state index contributed by atoms with van der Waals surface area (Å²) in [4.78, 5) is 8.77. The maximum Gasteiger partial charge on any atom is 0.417 e. The first-order valence-electron chi connectivity index (χ1n) is 11.8. The molecular weight excluding hydrogens is 581 g/mol. The van der Waals surface area contributed by atoms with Crippen molar-refractivity contribution in [2.24, 2.45) is 0 Å². The Morgan fingerprint density at radius 3 is 2.44 bits per heavy atom. The van der Waals surface area contributed by atoms with Gasteiger partial charge in [-0.25, -0.2) is 22.8 Å². The summed E-state index contributed by atoms with van der Waals surface area (Å²) >= 11 is 12.2. The van der Waals surface area contributed by atoms with E-state index in [0.29, 0.717) is 24.8 Å². The molecule has 1 aliphatic carbocycles. The average molecular weight is 606 g/mol. The highest BCUT2D eigenvalue weighted by atomic mass is 35.5. The summed E-state index contributed by atoms with van der Waals surface area (Å²) in [5.74, 6) is -1.20. The van der Waals surface area contributed by atoms with Crippen LogP contribution in [0, 0.1) is 5.82 Å². The first-order chi connectivity index (χ1) is 18.3. The van der Waals surface area contributed by atoms with Gasteiger partial charge in [-0.3, -0.25) is 4.72 Å². The summed E-state index contributed by atoms with van der Waals surface area (Å²) in [7, 11) is -0.624. The zero-order valence-corrected chi connectivity index (χ0v) is 23.1. The topological polar surface area (TPSA) is 87.2 Å². The molecule has 0 unspecified atom stereocenters. The van der Waals surface area contributed by atoms with Crippen molar-refractivity contribution in [1.29, 1.82) is 0 Å². The van der Waals surface area contributed by atoms with Crippen molar-refractivity contribution in [2.75, 3.05) is 24.1 Å². The van der Waals surface area contributed by atoms with Gasteiger partial charge in [0.15, 0.2) is 0 Å². The second-order valence-electron chi connectivity index (χ2n) is 9.49. The molecule has 2 N–H and O–H groups in total. The van der Waals surface area contributed by atoms with E-state index >= 15 is 4.39 Å². The molecule has 210 valence electrons. The number of sulfonamides is 1. The number of anilines is 2. The van der Waals surface area contributed by atoms with E-state index < -0.39 is 32.5 Å². The molecule has 1 heterocycles. The Morgan fingerprint density at radius 1 is 1.05 bits per heavy atom. The number of halogens is 6. The molecule has 4 rings (SSSR count). The summed E-state index contributed by atoms with van der Waals surface area (Å²) in [6.07, 6.45) is -0.441. The van der Waals surface area contributed by atoms with Gasteiger partial charge in [-0.15, -0.1) is 0 Å². The minimum absolute atomic E-state index is 0.00777. The van der Waals surface area contributed by atoms with Gasteiger partial charge in [-0.2, -0.15) is 13.2 Å². The molecule has 1 aliphatic rings. The average Bonchev–Trinajstić information content (AvgIpc) is 2.86. The van der Waals surface area contributed by atoms with Gasteiger partial charge in [-0.05, 0) is 75.2 Å². The van der Waals surface area contributed by atoms with Crippen LogP contribution >= 0.6 is 23.2 Å². The summed E-state index contributed by atoms with van der Waals surface area (Å²) < 4.78 is 82.8. The van der Waals surface area contributed by atoms with Gasteiger partial charge in [0.2, 0.25) is 0 Å². The van der Waals surface area contributed by atoms with Crippen LogP contribution in [0.3, 0.4) is 0 Å². The summed E-state index contributed by atoms with van der Waals surface area (Å²) in [6, 6.07) is 6.97. The summed E-state index contributed by atoms with van der Waals surface area (Å²) in [5.41, 5.74) is -0.113. The lowest BCUT2D eigenvalue weighted by molar-refractivity contribution is -0.137. The Balaban J connectivity index is 1.53. The predicted octanol–water partition coefficient (Wildman–Crippen LogP) is 6.42. The second-order valence-corrected chi connectivity index (χ2v) is 12.0. The van der Waals surface area contributed by atoms with E-state index in [4.69, 9.17) is 23.2 Å². The number of hydrogen-bond donors (Lipinski definition) is 2. The van der Waals surface area contributed by atoms with Gasteiger partial charge < -0.3 is 10.2 Å². The largest absolute Gasteiger partial charge is 0.417 e. The van der Waals surface area contributed by atoms with Gasteiger partial charge >= 0.3 is 6.18 Å². The monoisotopic (exact) mass is 605 g/mol. The van der Waals surface area contributed by atoms with Crippen molar-refractivity contribution in [3.8, 4) is 0 Å². The fraction of sp³-hybridized carbons (Fsp3) is 0.360. The third kappa shape index (κ3) is 6.74. The molecule has 7 nitrogen and oxygen atoms in total. The molecule has 1 saturated carbocycles. The third-order valence-electron chi connectivity index (χ3n) is 6.72. The Labute approximate surface area is 233 Å². The molecule has 0 bridgehead atoms. The molecule has 0 amide bonds. The van der Waals surface area contributed by atoms with Crippen molar-refractivity contribution < 1.29 is 26.0 Å². The van der Waals surface area contributed by atoms with E-state index in [-0.39, 0.29) is 39.6 Å². The lowest BCUT2D eigenvalue weighted by Crippen LogP contribution is -2.47. The first-order valence-corrected chi connectivity index (χ1v) is 14.1. The van der Waals surface area contributed by atoms with E-state index in [0.717, 1.165) is 24.5 Å². The number of likely N-dealkylation sites (N-methyl/N-ethyl adjacent to an activating group) is 1. The number of aromatic nitrogens is 2. The molecule has 1 aromatic heterocycles. The number of hydrogen-bond acceptors (Lipinski definition) is 6. The van der Waals surface area contributed by atoms with Crippen LogP contribution in [-0.2, 0) is 16.2 Å². The van der Waals surface area contributed by atoms with Crippen molar-refractivity contribution in [3.63, 3.8) is 0 Å². The molecule has 0 aliphatic heterocycles. The SMILES string of the molecule is CN(C)[C@H]1C[C@@H](c2ccc(Cl)c(C(F)(F)F)c2)CC[C@@H]1Nc1cc(F)c(S(=O)(=O)Nc2ccncn2)cc1Cl. The second kappa shape index (κ2) is 11.4. The van der Waals surface area contributed by atoms with E-state index in [9.17, 15) is 21.6 Å². The number of nitrogens with zero attached hydrogens (tertiary/aromatic N) is 3. The Morgan fingerprint density at radius 2 is 1.79 bits per heavy atom. The molecule has 39 heavy (non-hydrogen) atoms. The lowest BCUT2D eigenvalue weighted by atomic mass is 9.78. The third-order valence-corrected chi connectivity index (χ3v) is 8.73. The van der Waals surface area contributed by atoms with Crippen molar-refractivity contribution in [3.05, 3.63) is 75.9 Å². The molecule has 3 aromatic rings. The van der Waals surface area contributed by atoms with Gasteiger partial charge in [-0.1, -0.05) is 29.3 Å². The van der Waals surface area contributed by atoms with Crippen LogP contribution in [0.25, 0.3) is 0 Å². The highest BCUT2D eigenvalue weighted by Crippen LogP contribution is 2.41. The zero-order valence-electron chi connectivity index (χ0n) is 20.8. The van der Waals surface area contributed by atoms with Gasteiger partial charge in [0.05, 0.1) is 21.3 Å². The number of rotatable bonds is 7. The van der Waals surface area contributed by atoms with Crippen LogP contribution in [-0.4, -0.2) is 49.5 Å². The number of benzene rings is 2. The minimum Gasteiger partial charge on any atom is -0.379 e. The summed E-state index contributed by atoms with van der Waals surface area (Å²) in [6.45, 7) is 0. The first kappa shape index (κ1) is 29.3. The standard InChI is InChI=1S/C25H25Cl2F4N5O2S/c1-36(2)22-10-15(14-3-5-17(26)16(9-14)25(29,30)31)4-6-20(22)34-21-12-19(28)23(11-18(21)27)39(37,38)35-24-7-8-32-13-33-24/h3,5,7-9,11-13,15,20,22,34H,4,6,10H2,1-2H3,(H,32,33,35)/t15-,20-,22-/m0/s1. The number of nitrogens with one attached hydrogen (secondary N) is 2. The lowest BCUT2D eigenvalue weighted by Gasteiger charge is -2.41. The molecule has 1 fully saturated rings. The van der Waals surface area contributed by atoms with Crippen molar-refractivity contribution in [1.82, 2.24) is 14.9 Å². The Kier molecular flexibility index (Phi) is 8.60. The van der Waals surface area contributed by atoms with E-state index in [1.54, 1.807) is 6.07 Å². The number of alkyl halides is 3. The molecular formula is C25H25Cl2F4N5O2S. The summed E-state index contributed by atoms with van der Waals surface area (Å²) in [5, 5.41) is 2.86. The fourth-order valence-electron chi connectivity index (χ4n) is 4.79. The van der Waals surface area contributed by atoms with Crippen LogP contribution in [0.15, 0.2) is 53.8 Å². The van der Waals surface area contributed by atoms with Gasteiger partial charge in [0.25, 0.3) is 10.0 Å². The van der Waals surface area contributed by atoms with Gasteiger partial charge in [0.1, 0.15) is 22.9 Å². The maximum absolute atomic E-state index is 15.0. The smallest absolute Gasteiger partial charge is 0.379 e. The van der Waals surface area contributed by atoms with Crippen LogP contribution in [0.1, 0.15) is 36.3 Å². The zero-order chi connectivity index (χ0) is 28.5. The maximum atomic E-state index is 15.0. The molecule has 3 atom stereocenters. The molecule has 2 aromatic carbocycles. The van der Waals surface area contributed by atoms with Crippen molar-refractivity contribution in [2.45, 2.75) is 48.3 Å². The molecule has 14 heteroatoms. The quantitative estimate of drug-likeness (QED) is 0.302. The minimum atomic E-state index is -4.56. The van der Waals surface area contributed by atoms with Crippen molar-refractivity contribution >= 4 is 44.7 Å². The van der Waals surface area contributed by atoms with Gasteiger partial charge in [0, 0.05) is 18.3 Å². The molecule has 0 saturated heterocycles. The van der Waals surface area contributed by atoms with E-state index in [1.807, 2.05) is 19.0 Å². The molecule has 0 spiro atoms. The highest BCUT2D eigenvalue weighted by molar-refractivity contribution is 7.92.